The zero-order chi connectivity index (χ0) is 14.1. The van der Waals surface area contributed by atoms with E-state index in [4.69, 9.17) is 5.73 Å². The first-order valence-electron chi connectivity index (χ1n) is 7.58. The van der Waals surface area contributed by atoms with Crippen LogP contribution in [0, 0.1) is 13.8 Å². The number of nitrogens with two attached hydrogens (primary N) is 1. The molecule has 0 aromatic heterocycles. The Morgan fingerprint density at radius 3 is 2.25 bits per heavy atom. The second kappa shape index (κ2) is 5.41. The Hall–Kier alpha value is -1.60. The number of hydrogen-bond acceptors (Lipinski definition) is 1. The van der Waals surface area contributed by atoms with Gasteiger partial charge in [-0.2, -0.15) is 0 Å². The van der Waals surface area contributed by atoms with Gasteiger partial charge >= 0.3 is 0 Å². The molecule has 2 aromatic carbocycles. The van der Waals surface area contributed by atoms with Gasteiger partial charge in [0.05, 0.1) is 6.04 Å². The molecule has 3 rings (SSSR count). The molecular weight excluding hydrogens is 242 g/mol. The molecule has 1 atom stereocenters. The van der Waals surface area contributed by atoms with E-state index in [-0.39, 0.29) is 6.04 Å². The molecule has 0 radical (unpaired) electrons. The molecule has 1 nitrogen and oxygen atoms in total. The molecule has 1 aliphatic rings. The van der Waals surface area contributed by atoms with Gasteiger partial charge in [0.1, 0.15) is 0 Å². The average Bonchev–Trinajstić information content (AvgIpc) is 2.36. The highest BCUT2D eigenvalue weighted by Gasteiger charge is 2.21. The molecule has 1 aliphatic carbocycles. The normalized spacial score (nSPS) is 16.8. The van der Waals surface area contributed by atoms with Gasteiger partial charge in [-0.25, -0.2) is 0 Å². The summed E-state index contributed by atoms with van der Waals surface area (Å²) in [6, 6.07) is 15.3. The maximum absolute atomic E-state index is 6.55. The molecule has 1 fully saturated rings. The highest BCUT2D eigenvalue weighted by Crippen LogP contribution is 2.37. The van der Waals surface area contributed by atoms with Crippen LogP contribution in [0.2, 0.25) is 0 Å². The Kier molecular flexibility index (Phi) is 3.62. The van der Waals surface area contributed by atoms with E-state index in [1.807, 2.05) is 0 Å². The van der Waals surface area contributed by atoms with E-state index in [2.05, 4.69) is 56.3 Å². The van der Waals surface area contributed by atoms with E-state index < -0.39 is 0 Å². The van der Waals surface area contributed by atoms with Crippen molar-refractivity contribution in [3.05, 3.63) is 70.3 Å². The van der Waals surface area contributed by atoms with Gasteiger partial charge in [-0.3, -0.25) is 0 Å². The first-order chi connectivity index (χ1) is 9.66. The highest BCUT2D eigenvalue weighted by atomic mass is 14.6. The maximum Gasteiger partial charge on any atom is 0.0556 e. The first kappa shape index (κ1) is 13.4. The summed E-state index contributed by atoms with van der Waals surface area (Å²) in [4.78, 5) is 0. The second-order valence-corrected chi connectivity index (χ2v) is 6.08. The van der Waals surface area contributed by atoms with Crippen LogP contribution >= 0.6 is 0 Å². The predicted molar refractivity (Wildman–Crippen MR) is 85.0 cm³/mol. The van der Waals surface area contributed by atoms with Gasteiger partial charge in [0.2, 0.25) is 0 Å². The summed E-state index contributed by atoms with van der Waals surface area (Å²) in [5, 5.41) is 0. The van der Waals surface area contributed by atoms with Crippen molar-refractivity contribution < 1.29 is 0 Å². The van der Waals surface area contributed by atoms with E-state index in [1.54, 1.807) is 0 Å². The summed E-state index contributed by atoms with van der Waals surface area (Å²) >= 11 is 0. The number of benzene rings is 2. The maximum atomic E-state index is 6.55. The lowest BCUT2D eigenvalue weighted by atomic mass is 9.79. The van der Waals surface area contributed by atoms with Gasteiger partial charge in [-0.05, 0) is 60.4 Å². The summed E-state index contributed by atoms with van der Waals surface area (Å²) < 4.78 is 0. The quantitative estimate of drug-likeness (QED) is 0.861. The van der Waals surface area contributed by atoms with Crippen molar-refractivity contribution >= 4 is 0 Å². The molecule has 0 saturated heterocycles. The molecular formula is C19H23N. The van der Waals surface area contributed by atoms with Crippen LogP contribution in [0.1, 0.15) is 59.0 Å². The van der Waals surface area contributed by atoms with Crippen LogP contribution in [0.25, 0.3) is 0 Å². The Labute approximate surface area is 121 Å². The minimum Gasteiger partial charge on any atom is -0.320 e. The van der Waals surface area contributed by atoms with Crippen LogP contribution < -0.4 is 5.73 Å². The molecule has 0 heterocycles. The molecule has 104 valence electrons. The fourth-order valence-electron chi connectivity index (χ4n) is 3.23. The predicted octanol–water partition coefficient (Wildman–Crippen LogP) is 4.62. The highest BCUT2D eigenvalue weighted by molar-refractivity contribution is 5.42. The Bertz CT molecular complexity index is 591. The lowest BCUT2D eigenvalue weighted by Crippen LogP contribution is -2.16. The third-order valence-corrected chi connectivity index (χ3v) is 4.70. The van der Waals surface area contributed by atoms with E-state index in [1.165, 1.54) is 47.1 Å². The van der Waals surface area contributed by atoms with Crippen molar-refractivity contribution in [3.63, 3.8) is 0 Å². The largest absolute Gasteiger partial charge is 0.320 e. The third-order valence-electron chi connectivity index (χ3n) is 4.70. The molecule has 1 heteroatoms. The number of aryl methyl sites for hydroxylation is 2. The van der Waals surface area contributed by atoms with Gasteiger partial charge in [-0.1, -0.05) is 48.9 Å². The Balaban J connectivity index is 1.95. The van der Waals surface area contributed by atoms with Crippen LogP contribution in [-0.4, -0.2) is 0 Å². The molecule has 0 bridgehead atoms. The third kappa shape index (κ3) is 2.38. The van der Waals surface area contributed by atoms with Crippen LogP contribution in [0.5, 0.6) is 0 Å². The zero-order valence-corrected chi connectivity index (χ0v) is 12.4. The number of rotatable bonds is 3. The first-order valence-corrected chi connectivity index (χ1v) is 7.58. The summed E-state index contributed by atoms with van der Waals surface area (Å²) in [5.41, 5.74) is 13.1. The molecule has 0 aliphatic heterocycles. The Morgan fingerprint density at radius 1 is 1.00 bits per heavy atom. The fraction of sp³-hybridized carbons (Fsp3) is 0.368. The fourth-order valence-corrected chi connectivity index (χ4v) is 3.23. The van der Waals surface area contributed by atoms with Crippen LogP contribution in [-0.2, 0) is 0 Å². The lowest BCUT2D eigenvalue weighted by molar-refractivity contribution is 0.419. The van der Waals surface area contributed by atoms with Gasteiger partial charge < -0.3 is 5.73 Å². The van der Waals surface area contributed by atoms with Gasteiger partial charge in [0.25, 0.3) is 0 Å². The molecule has 0 amide bonds. The molecule has 1 unspecified atom stereocenters. The summed E-state index contributed by atoms with van der Waals surface area (Å²) in [7, 11) is 0. The van der Waals surface area contributed by atoms with Gasteiger partial charge in [0, 0.05) is 0 Å². The number of hydrogen-bond donors (Lipinski definition) is 1. The van der Waals surface area contributed by atoms with Crippen molar-refractivity contribution in [3.8, 4) is 0 Å². The SMILES string of the molecule is Cc1cccc(C)c1C(N)c1cccc(C2CCC2)c1. The van der Waals surface area contributed by atoms with Crippen LogP contribution in [0.15, 0.2) is 42.5 Å². The van der Waals surface area contributed by atoms with E-state index >= 15 is 0 Å². The molecule has 0 spiro atoms. The van der Waals surface area contributed by atoms with E-state index in [0.29, 0.717) is 0 Å². The monoisotopic (exact) mass is 265 g/mol. The molecule has 1 saturated carbocycles. The zero-order valence-electron chi connectivity index (χ0n) is 12.4. The molecule has 2 N–H and O–H groups in total. The minimum atomic E-state index is -0.0174. The topological polar surface area (TPSA) is 26.0 Å². The van der Waals surface area contributed by atoms with Crippen molar-refractivity contribution in [2.45, 2.75) is 45.1 Å². The second-order valence-electron chi connectivity index (χ2n) is 6.08. The Morgan fingerprint density at radius 2 is 1.65 bits per heavy atom. The van der Waals surface area contributed by atoms with Crippen LogP contribution in [0.3, 0.4) is 0 Å². The lowest BCUT2D eigenvalue weighted by Gasteiger charge is -2.27. The average molecular weight is 265 g/mol. The minimum absolute atomic E-state index is 0.0174. The van der Waals surface area contributed by atoms with Gasteiger partial charge in [-0.15, -0.1) is 0 Å². The van der Waals surface area contributed by atoms with Crippen molar-refractivity contribution in [1.82, 2.24) is 0 Å². The van der Waals surface area contributed by atoms with Crippen molar-refractivity contribution in [2.24, 2.45) is 5.73 Å². The summed E-state index contributed by atoms with van der Waals surface area (Å²) in [5.74, 6) is 0.764. The van der Waals surface area contributed by atoms with E-state index in [9.17, 15) is 0 Å². The van der Waals surface area contributed by atoms with E-state index in [0.717, 1.165) is 5.92 Å². The summed E-state index contributed by atoms with van der Waals surface area (Å²) in [6.07, 6.45) is 4.04. The smallest absolute Gasteiger partial charge is 0.0556 e. The van der Waals surface area contributed by atoms with Crippen molar-refractivity contribution in [2.75, 3.05) is 0 Å². The van der Waals surface area contributed by atoms with Gasteiger partial charge in [0.15, 0.2) is 0 Å². The van der Waals surface area contributed by atoms with Crippen molar-refractivity contribution in [1.29, 1.82) is 0 Å². The standard InChI is InChI=1S/C19H23N/c1-13-6-3-7-14(2)18(13)19(20)17-11-5-10-16(12-17)15-8-4-9-15/h3,5-7,10-12,15,19H,4,8-9,20H2,1-2H3. The molecule has 2 aromatic rings. The summed E-state index contributed by atoms with van der Waals surface area (Å²) in [6.45, 7) is 4.30. The van der Waals surface area contributed by atoms with Crippen LogP contribution in [0.4, 0.5) is 0 Å². The molecule has 20 heavy (non-hydrogen) atoms.